The number of nitrogens with zero attached hydrogens (tertiary/aromatic N) is 3. The van der Waals surface area contributed by atoms with E-state index < -0.39 is 10.0 Å². The molecule has 0 bridgehead atoms. The van der Waals surface area contributed by atoms with E-state index in [9.17, 15) is 13.2 Å². The molecule has 0 radical (unpaired) electrons. The van der Waals surface area contributed by atoms with Crippen LogP contribution in [0.3, 0.4) is 0 Å². The molecule has 0 spiro atoms. The summed E-state index contributed by atoms with van der Waals surface area (Å²) in [6.07, 6.45) is 5.13. The molecular formula is C18H19N5O3S. The molecule has 8 nitrogen and oxygen atoms in total. The maximum Gasteiger partial charge on any atom is 0.257 e. The fraction of sp³-hybridized carbons (Fsp3) is 0.278. The Morgan fingerprint density at radius 2 is 2.00 bits per heavy atom. The van der Waals surface area contributed by atoms with Crippen molar-refractivity contribution in [3.8, 4) is 0 Å². The monoisotopic (exact) mass is 385 g/mol. The summed E-state index contributed by atoms with van der Waals surface area (Å²) >= 11 is 0. The molecule has 9 heteroatoms. The first-order chi connectivity index (χ1) is 12.9. The predicted octanol–water partition coefficient (Wildman–Crippen LogP) is 1.41. The van der Waals surface area contributed by atoms with Gasteiger partial charge in [0, 0.05) is 25.0 Å². The van der Waals surface area contributed by atoms with E-state index in [0.29, 0.717) is 16.9 Å². The van der Waals surface area contributed by atoms with E-state index in [1.54, 1.807) is 54.2 Å². The highest BCUT2D eigenvalue weighted by atomic mass is 32.2. The molecule has 0 aliphatic heterocycles. The van der Waals surface area contributed by atoms with Crippen LogP contribution in [0.5, 0.6) is 0 Å². The largest absolute Gasteiger partial charge is 0.348 e. The predicted molar refractivity (Wildman–Crippen MR) is 98.7 cm³/mol. The Kier molecular flexibility index (Phi) is 4.40. The van der Waals surface area contributed by atoms with Crippen molar-refractivity contribution in [3.63, 3.8) is 0 Å². The van der Waals surface area contributed by atoms with E-state index in [1.807, 2.05) is 0 Å². The number of hydrogen-bond acceptors (Lipinski definition) is 5. The Balaban J connectivity index is 1.45. The van der Waals surface area contributed by atoms with Gasteiger partial charge in [0.15, 0.2) is 5.65 Å². The molecule has 1 aromatic carbocycles. The van der Waals surface area contributed by atoms with Gasteiger partial charge in [-0.15, -0.1) is 0 Å². The number of carbonyl (C=O) groups excluding carboxylic acids is 1. The lowest BCUT2D eigenvalue weighted by atomic mass is 10.2. The topological polar surface area (TPSA) is 105 Å². The standard InChI is InChI=1S/C18H19N5O3S/c1-12-16(17-19-9-2-10-23(17)21-12)18(24)20-11-13-3-7-15(8-4-13)27(25,26)22-14-5-6-14/h2-4,7-10,14,22H,5-6,11H2,1H3,(H,20,24). The van der Waals surface area contributed by atoms with E-state index >= 15 is 0 Å². The fourth-order valence-electron chi connectivity index (χ4n) is 2.81. The minimum atomic E-state index is -3.47. The number of amides is 1. The maximum atomic E-state index is 12.6. The lowest BCUT2D eigenvalue weighted by molar-refractivity contribution is 0.0951. The van der Waals surface area contributed by atoms with Gasteiger partial charge in [0.25, 0.3) is 5.91 Å². The third-order valence-electron chi connectivity index (χ3n) is 4.38. The van der Waals surface area contributed by atoms with Gasteiger partial charge in [0.2, 0.25) is 10.0 Å². The summed E-state index contributed by atoms with van der Waals surface area (Å²) < 4.78 is 28.6. The molecule has 0 unspecified atom stereocenters. The molecule has 2 aromatic heterocycles. The number of carbonyl (C=O) groups is 1. The zero-order valence-electron chi connectivity index (χ0n) is 14.7. The summed E-state index contributed by atoms with van der Waals surface area (Å²) in [4.78, 5) is 17.0. The van der Waals surface area contributed by atoms with Gasteiger partial charge < -0.3 is 5.32 Å². The smallest absolute Gasteiger partial charge is 0.257 e. The van der Waals surface area contributed by atoms with Gasteiger partial charge in [-0.3, -0.25) is 4.79 Å². The second-order valence-corrected chi connectivity index (χ2v) is 8.28. The first-order valence-electron chi connectivity index (χ1n) is 8.63. The summed E-state index contributed by atoms with van der Waals surface area (Å²) in [5.74, 6) is -0.270. The lowest BCUT2D eigenvalue weighted by Crippen LogP contribution is -2.26. The molecule has 1 fully saturated rings. The van der Waals surface area contributed by atoms with E-state index in [1.165, 1.54) is 0 Å². The quantitative estimate of drug-likeness (QED) is 0.667. The maximum absolute atomic E-state index is 12.6. The van der Waals surface area contributed by atoms with E-state index in [2.05, 4.69) is 20.1 Å². The Morgan fingerprint density at radius 3 is 2.70 bits per heavy atom. The van der Waals surface area contributed by atoms with Crippen LogP contribution in [0.4, 0.5) is 0 Å². The summed E-state index contributed by atoms with van der Waals surface area (Å²) in [5, 5.41) is 7.11. The van der Waals surface area contributed by atoms with Gasteiger partial charge in [0.1, 0.15) is 5.56 Å². The van der Waals surface area contributed by atoms with Crippen LogP contribution in [0.1, 0.15) is 34.5 Å². The Bertz CT molecular complexity index is 1100. The highest BCUT2D eigenvalue weighted by molar-refractivity contribution is 7.89. The number of aryl methyl sites for hydroxylation is 1. The van der Waals surface area contributed by atoms with Crippen LogP contribution >= 0.6 is 0 Å². The molecule has 2 heterocycles. The highest BCUT2D eigenvalue weighted by Crippen LogP contribution is 2.22. The van der Waals surface area contributed by atoms with Crippen molar-refractivity contribution in [2.75, 3.05) is 0 Å². The first-order valence-corrected chi connectivity index (χ1v) is 10.1. The number of hydrogen-bond donors (Lipinski definition) is 2. The summed E-state index contributed by atoms with van der Waals surface area (Å²) in [6, 6.07) is 8.31. The summed E-state index contributed by atoms with van der Waals surface area (Å²) in [5.41, 5.74) is 2.33. The van der Waals surface area contributed by atoms with Gasteiger partial charge >= 0.3 is 0 Å². The Labute approximate surface area is 156 Å². The minimum Gasteiger partial charge on any atom is -0.348 e. The van der Waals surface area contributed by atoms with Crippen LogP contribution in [0.15, 0.2) is 47.6 Å². The molecule has 0 atom stereocenters. The highest BCUT2D eigenvalue weighted by Gasteiger charge is 2.27. The van der Waals surface area contributed by atoms with Crippen molar-refractivity contribution in [2.45, 2.75) is 37.2 Å². The van der Waals surface area contributed by atoms with Crippen molar-refractivity contribution >= 4 is 21.6 Å². The van der Waals surface area contributed by atoms with Gasteiger partial charge in [-0.25, -0.2) is 22.6 Å². The summed E-state index contributed by atoms with van der Waals surface area (Å²) in [7, 11) is -3.47. The van der Waals surface area contributed by atoms with Crippen molar-refractivity contribution in [2.24, 2.45) is 0 Å². The van der Waals surface area contributed by atoms with Crippen LogP contribution in [0.25, 0.3) is 5.65 Å². The van der Waals surface area contributed by atoms with Crippen LogP contribution < -0.4 is 10.0 Å². The molecule has 140 valence electrons. The van der Waals surface area contributed by atoms with Crippen LogP contribution in [0, 0.1) is 6.92 Å². The molecule has 1 saturated carbocycles. The average Bonchev–Trinajstić information content (AvgIpc) is 3.38. The van der Waals surface area contributed by atoms with Gasteiger partial charge in [-0.05, 0) is 43.5 Å². The van der Waals surface area contributed by atoms with Crippen molar-refractivity contribution in [1.82, 2.24) is 24.6 Å². The number of nitrogens with one attached hydrogen (secondary N) is 2. The van der Waals surface area contributed by atoms with Crippen LogP contribution in [-0.4, -0.2) is 35.0 Å². The lowest BCUT2D eigenvalue weighted by Gasteiger charge is -2.08. The zero-order valence-corrected chi connectivity index (χ0v) is 15.5. The molecule has 3 aromatic rings. The van der Waals surface area contributed by atoms with Gasteiger partial charge in [-0.1, -0.05) is 12.1 Å². The number of sulfonamides is 1. The molecule has 4 rings (SSSR count). The van der Waals surface area contributed by atoms with E-state index in [-0.39, 0.29) is 23.4 Å². The normalized spacial score (nSPS) is 14.4. The molecular weight excluding hydrogens is 366 g/mol. The minimum absolute atomic E-state index is 0.0664. The number of fused-ring (bicyclic) bond motifs is 1. The molecule has 27 heavy (non-hydrogen) atoms. The Hall–Kier alpha value is -2.78. The SMILES string of the molecule is Cc1nn2cccnc2c1C(=O)NCc1ccc(S(=O)(=O)NC2CC2)cc1. The van der Waals surface area contributed by atoms with Crippen molar-refractivity contribution in [3.05, 3.63) is 59.5 Å². The number of rotatable bonds is 6. The third kappa shape index (κ3) is 3.69. The zero-order chi connectivity index (χ0) is 19.0. The Morgan fingerprint density at radius 1 is 1.26 bits per heavy atom. The molecule has 1 aliphatic carbocycles. The molecule has 0 saturated heterocycles. The van der Waals surface area contributed by atoms with Gasteiger partial charge in [-0.2, -0.15) is 5.10 Å². The molecule has 1 aliphatic rings. The first kappa shape index (κ1) is 17.6. The second-order valence-electron chi connectivity index (χ2n) is 6.57. The average molecular weight is 385 g/mol. The van der Waals surface area contributed by atoms with Gasteiger partial charge in [0.05, 0.1) is 10.6 Å². The van der Waals surface area contributed by atoms with E-state index in [4.69, 9.17) is 0 Å². The summed E-state index contributed by atoms with van der Waals surface area (Å²) in [6.45, 7) is 2.04. The van der Waals surface area contributed by atoms with Crippen LogP contribution in [0.2, 0.25) is 0 Å². The van der Waals surface area contributed by atoms with Crippen LogP contribution in [-0.2, 0) is 16.6 Å². The van der Waals surface area contributed by atoms with Crippen molar-refractivity contribution < 1.29 is 13.2 Å². The number of benzene rings is 1. The van der Waals surface area contributed by atoms with E-state index in [0.717, 1.165) is 18.4 Å². The fourth-order valence-corrected chi connectivity index (χ4v) is 4.11. The second kappa shape index (κ2) is 6.75. The number of aromatic nitrogens is 3. The third-order valence-corrected chi connectivity index (χ3v) is 5.92. The molecule has 1 amide bonds. The molecule has 2 N–H and O–H groups in total. The van der Waals surface area contributed by atoms with Crippen molar-refractivity contribution in [1.29, 1.82) is 0 Å².